The quantitative estimate of drug-likeness (QED) is 0.884. The number of carboxylic acid groups (broad SMARTS) is 1. The molecule has 0 fully saturated rings. The van der Waals surface area contributed by atoms with Crippen LogP contribution in [-0.4, -0.2) is 22.0 Å². The SMILES string of the molecule is NC(=O)[C@H](c1ccccc1)N(Cc1ccccc1)C(=O)O. The highest BCUT2D eigenvalue weighted by Crippen LogP contribution is 2.22. The van der Waals surface area contributed by atoms with Crippen molar-refractivity contribution in [1.82, 2.24) is 4.90 Å². The maximum absolute atomic E-state index is 11.8. The van der Waals surface area contributed by atoms with Gasteiger partial charge in [0.1, 0.15) is 6.04 Å². The molecule has 2 aromatic carbocycles. The topological polar surface area (TPSA) is 83.6 Å². The second-order valence-electron chi connectivity index (χ2n) is 4.61. The van der Waals surface area contributed by atoms with E-state index in [1.54, 1.807) is 42.5 Å². The molecule has 2 rings (SSSR count). The molecule has 3 N–H and O–H groups in total. The summed E-state index contributed by atoms with van der Waals surface area (Å²) in [4.78, 5) is 24.3. The molecule has 0 radical (unpaired) electrons. The molecule has 0 aliphatic carbocycles. The molecular formula is C16H16N2O3. The molecule has 108 valence electrons. The highest BCUT2D eigenvalue weighted by Gasteiger charge is 2.29. The Hall–Kier alpha value is -2.82. The lowest BCUT2D eigenvalue weighted by Gasteiger charge is -2.27. The molecule has 0 saturated carbocycles. The Labute approximate surface area is 122 Å². The van der Waals surface area contributed by atoms with Gasteiger partial charge in [-0.25, -0.2) is 4.79 Å². The minimum Gasteiger partial charge on any atom is -0.465 e. The highest BCUT2D eigenvalue weighted by molar-refractivity contribution is 5.85. The van der Waals surface area contributed by atoms with Crippen molar-refractivity contribution in [3.63, 3.8) is 0 Å². The van der Waals surface area contributed by atoms with E-state index in [1.807, 2.05) is 18.2 Å². The van der Waals surface area contributed by atoms with Crippen molar-refractivity contribution in [2.24, 2.45) is 5.73 Å². The van der Waals surface area contributed by atoms with E-state index in [2.05, 4.69) is 0 Å². The van der Waals surface area contributed by atoms with Crippen LogP contribution >= 0.6 is 0 Å². The van der Waals surface area contributed by atoms with Crippen LogP contribution in [0.1, 0.15) is 17.2 Å². The van der Waals surface area contributed by atoms with Crippen LogP contribution in [0.2, 0.25) is 0 Å². The number of carbonyl (C=O) groups is 2. The van der Waals surface area contributed by atoms with E-state index >= 15 is 0 Å². The average Bonchev–Trinajstić information content (AvgIpc) is 2.48. The van der Waals surface area contributed by atoms with Gasteiger partial charge in [0.2, 0.25) is 5.91 Å². The zero-order valence-electron chi connectivity index (χ0n) is 11.3. The third-order valence-electron chi connectivity index (χ3n) is 3.14. The molecule has 0 aromatic heterocycles. The molecule has 5 heteroatoms. The highest BCUT2D eigenvalue weighted by atomic mass is 16.4. The molecule has 0 spiro atoms. The van der Waals surface area contributed by atoms with Gasteiger partial charge < -0.3 is 10.8 Å². The number of nitrogens with zero attached hydrogens (tertiary/aromatic N) is 1. The number of carbonyl (C=O) groups excluding carboxylic acids is 1. The standard InChI is InChI=1S/C16H16N2O3/c17-15(19)14(13-9-5-2-6-10-13)18(16(20)21)11-12-7-3-1-4-8-12/h1-10,14H,11H2,(H2,17,19)(H,20,21)/t14-/m0/s1. The van der Waals surface area contributed by atoms with Gasteiger partial charge in [0.25, 0.3) is 0 Å². The van der Waals surface area contributed by atoms with Gasteiger partial charge in [-0.1, -0.05) is 60.7 Å². The van der Waals surface area contributed by atoms with Gasteiger partial charge in [-0.2, -0.15) is 0 Å². The van der Waals surface area contributed by atoms with E-state index < -0.39 is 18.0 Å². The number of benzene rings is 2. The van der Waals surface area contributed by atoms with Gasteiger partial charge >= 0.3 is 6.09 Å². The molecule has 0 unspecified atom stereocenters. The Bertz CT molecular complexity index is 614. The lowest BCUT2D eigenvalue weighted by molar-refractivity contribution is -0.123. The van der Waals surface area contributed by atoms with Gasteiger partial charge in [-0.15, -0.1) is 0 Å². The Morgan fingerprint density at radius 2 is 1.52 bits per heavy atom. The van der Waals surface area contributed by atoms with E-state index in [0.717, 1.165) is 10.5 Å². The number of amides is 2. The van der Waals surface area contributed by atoms with Gasteiger partial charge in [-0.05, 0) is 11.1 Å². The van der Waals surface area contributed by atoms with E-state index in [4.69, 9.17) is 5.73 Å². The number of hydrogen-bond acceptors (Lipinski definition) is 2. The first-order chi connectivity index (χ1) is 10.1. The summed E-state index contributed by atoms with van der Waals surface area (Å²) in [5, 5.41) is 9.43. The largest absolute Gasteiger partial charge is 0.465 e. The third-order valence-corrected chi connectivity index (χ3v) is 3.14. The smallest absolute Gasteiger partial charge is 0.408 e. The Balaban J connectivity index is 2.34. The normalized spacial score (nSPS) is 11.6. The van der Waals surface area contributed by atoms with Crippen molar-refractivity contribution in [2.45, 2.75) is 12.6 Å². The fourth-order valence-corrected chi connectivity index (χ4v) is 2.18. The van der Waals surface area contributed by atoms with Crippen LogP contribution in [0.25, 0.3) is 0 Å². The summed E-state index contributed by atoms with van der Waals surface area (Å²) in [5.74, 6) is -0.695. The Morgan fingerprint density at radius 3 is 2.00 bits per heavy atom. The minimum absolute atomic E-state index is 0.0959. The fraction of sp³-hybridized carbons (Fsp3) is 0.125. The molecule has 0 bridgehead atoms. The zero-order valence-corrected chi connectivity index (χ0v) is 11.3. The van der Waals surface area contributed by atoms with Crippen LogP contribution in [0.3, 0.4) is 0 Å². The molecule has 1 atom stereocenters. The van der Waals surface area contributed by atoms with Gasteiger partial charge in [0.15, 0.2) is 0 Å². The van der Waals surface area contributed by atoms with Gasteiger partial charge in [-0.3, -0.25) is 9.69 Å². The fourth-order valence-electron chi connectivity index (χ4n) is 2.18. The van der Waals surface area contributed by atoms with Crippen LogP contribution < -0.4 is 5.73 Å². The summed E-state index contributed by atoms with van der Waals surface area (Å²) in [5.41, 5.74) is 6.77. The molecule has 5 nitrogen and oxygen atoms in total. The van der Waals surface area contributed by atoms with E-state index in [1.165, 1.54) is 0 Å². The Kier molecular flexibility index (Phi) is 4.56. The monoisotopic (exact) mass is 284 g/mol. The van der Waals surface area contributed by atoms with Gasteiger partial charge in [0, 0.05) is 0 Å². The number of primary amides is 1. The van der Waals surface area contributed by atoms with Crippen LogP contribution in [-0.2, 0) is 11.3 Å². The molecule has 21 heavy (non-hydrogen) atoms. The molecule has 0 aliphatic heterocycles. The third kappa shape index (κ3) is 3.60. The molecule has 0 saturated heterocycles. The second-order valence-corrected chi connectivity index (χ2v) is 4.61. The predicted molar refractivity (Wildman–Crippen MR) is 78.4 cm³/mol. The lowest BCUT2D eigenvalue weighted by Crippen LogP contribution is -2.40. The molecule has 0 aliphatic rings. The molecular weight excluding hydrogens is 268 g/mol. The maximum Gasteiger partial charge on any atom is 0.408 e. The first kappa shape index (κ1) is 14.6. The van der Waals surface area contributed by atoms with Crippen molar-refractivity contribution in [2.75, 3.05) is 0 Å². The summed E-state index contributed by atoms with van der Waals surface area (Å²) in [6.45, 7) is 0.0959. The Morgan fingerprint density at radius 1 is 1.00 bits per heavy atom. The summed E-state index contributed by atoms with van der Waals surface area (Å²) >= 11 is 0. The number of nitrogens with two attached hydrogens (primary N) is 1. The van der Waals surface area contributed by atoms with E-state index in [0.29, 0.717) is 5.56 Å². The van der Waals surface area contributed by atoms with Crippen molar-refractivity contribution in [1.29, 1.82) is 0 Å². The number of rotatable bonds is 5. The maximum atomic E-state index is 11.8. The van der Waals surface area contributed by atoms with Crippen LogP contribution in [0.15, 0.2) is 60.7 Å². The molecule has 0 heterocycles. The van der Waals surface area contributed by atoms with Crippen LogP contribution in [0, 0.1) is 0 Å². The number of hydrogen-bond donors (Lipinski definition) is 2. The molecule has 2 amide bonds. The van der Waals surface area contributed by atoms with E-state index in [-0.39, 0.29) is 6.54 Å². The summed E-state index contributed by atoms with van der Waals surface area (Å²) in [6, 6.07) is 16.7. The first-order valence-corrected chi connectivity index (χ1v) is 6.47. The summed E-state index contributed by atoms with van der Waals surface area (Å²) in [7, 11) is 0. The predicted octanol–water partition coefficient (Wildman–Crippen LogP) is 2.39. The average molecular weight is 284 g/mol. The second kappa shape index (κ2) is 6.56. The first-order valence-electron chi connectivity index (χ1n) is 6.47. The summed E-state index contributed by atoms with van der Waals surface area (Å²) in [6.07, 6.45) is -1.19. The van der Waals surface area contributed by atoms with Crippen LogP contribution in [0.5, 0.6) is 0 Å². The van der Waals surface area contributed by atoms with E-state index in [9.17, 15) is 14.7 Å². The minimum atomic E-state index is -1.19. The van der Waals surface area contributed by atoms with Crippen LogP contribution in [0.4, 0.5) is 4.79 Å². The van der Waals surface area contributed by atoms with Gasteiger partial charge in [0.05, 0.1) is 6.54 Å². The summed E-state index contributed by atoms with van der Waals surface area (Å²) < 4.78 is 0. The van der Waals surface area contributed by atoms with Crippen molar-refractivity contribution >= 4 is 12.0 Å². The van der Waals surface area contributed by atoms with Crippen molar-refractivity contribution in [3.05, 3.63) is 71.8 Å². The van der Waals surface area contributed by atoms with Crippen molar-refractivity contribution < 1.29 is 14.7 Å². The van der Waals surface area contributed by atoms with Crippen molar-refractivity contribution in [3.8, 4) is 0 Å². The molecule has 2 aromatic rings. The zero-order chi connectivity index (χ0) is 15.2. The lowest BCUT2D eigenvalue weighted by atomic mass is 10.0.